The highest BCUT2D eigenvalue weighted by atomic mass is 19.4. The van der Waals surface area contributed by atoms with Gasteiger partial charge in [0.25, 0.3) is 0 Å². The Kier molecular flexibility index (Phi) is 5.90. The Morgan fingerprint density at radius 3 is 2.54 bits per heavy atom. The van der Waals surface area contributed by atoms with E-state index in [9.17, 15) is 17.6 Å². The Morgan fingerprint density at radius 1 is 1.17 bits per heavy atom. The zero-order chi connectivity index (χ0) is 17.7. The lowest BCUT2D eigenvalue weighted by Crippen LogP contribution is -2.28. The molecule has 1 aromatic carbocycles. The molecule has 24 heavy (non-hydrogen) atoms. The first-order valence-electron chi connectivity index (χ1n) is 7.34. The maximum Gasteiger partial charge on any atom is 0.416 e. The quantitative estimate of drug-likeness (QED) is 0.796. The molecule has 3 nitrogen and oxygen atoms in total. The van der Waals surface area contributed by atoms with Crippen LogP contribution >= 0.6 is 0 Å². The summed E-state index contributed by atoms with van der Waals surface area (Å²) < 4.78 is 57.1. The molecule has 0 aliphatic carbocycles. The molecule has 0 bridgehead atoms. The largest absolute Gasteiger partial charge is 0.416 e. The van der Waals surface area contributed by atoms with E-state index in [2.05, 4.69) is 10.3 Å². The van der Waals surface area contributed by atoms with Crippen LogP contribution < -0.4 is 5.32 Å². The fourth-order valence-corrected chi connectivity index (χ4v) is 2.40. The maximum absolute atomic E-state index is 13.3. The van der Waals surface area contributed by atoms with Gasteiger partial charge in [0.05, 0.1) is 24.4 Å². The molecular formula is C17H18F4N2O. The molecular weight excluding hydrogens is 324 g/mol. The lowest BCUT2D eigenvalue weighted by Gasteiger charge is -2.24. The molecule has 2 atom stereocenters. The number of ether oxygens (including phenoxy) is 1. The highest BCUT2D eigenvalue weighted by Gasteiger charge is 2.31. The molecule has 2 rings (SSSR count). The van der Waals surface area contributed by atoms with Crippen LogP contribution in [0.1, 0.15) is 35.7 Å². The summed E-state index contributed by atoms with van der Waals surface area (Å²) in [5.74, 6) is -0.469. The summed E-state index contributed by atoms with van der Waals surface area (Å²) in [6, 6.07) is 5.61. The van der Waals surface area contributed by atoms with Gasteiger partial charge in [-0.25, -0.2) is 4.39 Å². The van der Waals surface area contributed by atoms with E-state index in [0.29, 0.717) is 11.1 Å². The predicted octanol–water partition coefficient (Wildman–Crippen LogP) is 4.28. The van der Waals surface area contributed by atoms with Gasteiger partial charge in [0, 0.05) is 19.3 Å². The number of hydrogen-bond donors (Lipinski definition) is 1. The smallest absolute Gasteiger partial charge is 0.383 e. The average molecular weight is 342 g/mol. The first kappa shape index (κ1) is 18.4. The van der Waals surface area contributed by atoms with E-state index >= 15 is 0 Å². The second kappa shape index (κ2) is 7.72. The number of methoxy groups -OCH3 is 1. The first-order valence-corrected chi connectivity index (χ1v) is 7.34. The van der Waals surface area contributed by atoms with Gasteiger partial charge >= 0.3 is 6.18 Å². The van der Waals surface area contributed by atoms with Crippen molar-refractivity contribution in [2.75, 3.05) is 13.7 Å². The van der Waals surface area contributed by atoms with Crippen molar-refractivity contribution in [1.82, 2.24) is 10.3 Å². The lowest BCUT2D eigenvalue weighted by atomic mass is 10.0. The van der Waals surface area contributed by atoms with Crippen LogP contribution in [0.15, 0.2) is 42.7 Å². The molecule has 0 amide bonds. The standard InChI is InChI=1S/C17H18F4N2O/c1-11(13-7-15(18)9-22-8-13)23-16(10-24-2)12-4-3-5-14(6-12)17(19,20)21/h3-9,11,16,23H,10H2,1-2H3/t11-,16+/m1/s1. The number of halogens is 4. The van der Waals surface area contributed by atoms with Gasteiger partial charge in [0.15, 0.2) is 0 Å². The van der Waals surface area contributed by atoms with Crippen LogP contribution in [0, 0.1) is 5.82 Å². The van der Waals surface area contributed by atoms with E-state index in [1.165, 1.54) is 25.4 Å². The van der Waals surface area contributed by atoms with Crippen molar-refractivity contribution in [3.63, 3.8) is 0 Å². The normalized spacial score (nSPS) is 14.4. The summed E-state index contributed by atoms with van der Waals surface area (Å²) in [6.45, 7) is 1.96. The van der Waals surface area contributed by atoms with Gasteiger partial charge in [-0.3, -0.25) is 4.98 Å². The van der Waals surface area contributed by atoms with E-state index in [0.717, 1.165) is 18.3 Å². The van der Waals surface area contributed by atoms with Crippen molar-refractivity contribution in [3.8, 4) is 0 Å². The Hall–Kier alpha value is -1.99. The molecule has 0 unspecified atom stereocenters. The number of pyridine rings is 1. The van der Waals surface area contributed by atoms with Crippen molar-refractivity contribution >= 4 is 0 Å². The van der Waals surface area contributed by atoms with Crippen LogP contribution in [-0.4, -0.2) is 18.7 Å². The van der Waals surface area contributed by atoms with Crippen LogP contribution in [0.2, 0.25) is 0 Å². The summed E-state index contributed by atoms with van der Waals surface area (Å²) in [6.07, 6.45) is -1.81. The molecule has 0 saturated heterocycles. The SMILES string of the molecule is COC[C@H](N[C@H](C)c1cncc(F)c1)c1cccc(C(F)(F)F)c1. The van der Waals surface area contributed by atoms with Gasteiger partial charge in [-0.05, 0) is 36.2 Å². The van der Waals surface area contributed by atoms with Gasteiger partial charge in [0.1, 0.15) is 5.82 Å². The molecule has 0 fully saturated rings. The molecule has 0 aliphatic heterocycles. The molecule has 1 heterocycles. The summed E-state index contributed by atoms with van der Waals surface area (Å²) in [5, 5.41) is 3.16. The number of nitrogens with zero attached hydrogens (tertiary/aromatic N) is 1. The average Bonchev–Trinajstić information content (AvgIpc) is 2.53. The van der Waals surface area contributed by atoms with Crippen molar-refractivity contribution in [2.45, 2.75) is 25.2 Å². The molecule has 0 aliphatic rings. The highest BCUT2D eigenvalue weighted by molar-refractivity contribution is 5.28. The molecule has 2 aromatic rings. The second-order valence-corrected chi connectivity index (χ2v) is 5.46. The van der Waals surface area contributed by atoms with Crippen LogP contribution in [0.3, 0.4) is 0 Å². The van der Waals surface area contributed by atoms with Gasteiger partial charge in [0.2, 0.25) is 0 Å². The minimum atomic E-state index is -4.41. The molecule has 0 saturated carbocycles. The number of alkyl halides is 3. The fraction of sp³-hybridized carbons (Fsp3) is 0.353. The van der Waals surface area contributed by atoms with E-state index in [1.807, 2.05) is 0 Å². The van der Waals surface area contributed by atoms with Gasteiger partial charge in [-0.2, -0.15) is 13.2 Å². The number of aromatic nitrogens is 1. The Morgan fingerprint density at radius 2 is 1.92 bits per heavy atom. The minimum absolute atomic E-state index is 0.175. The topological polar surface area (TPSA) is 34.1 Å². The van der Waals surface area contributed by atoms with E-state index in [4.69, 9.17) is 4.74 Å². The molecule has 7 heteroatoms. The van der Waals surface area contributed by atoms with Crippen molar-refractivity contribution in [2.24, 2.45) is 0 Å². The maximum atomic E-state index is 13.3. The summed E-state index contributed by atoms with van der Waals surface area (Å²) in [5.41, 5.74) is 0.328. The lowest BCUT2D eigenvalue weighted by molar-refractivity contribution is -0.137. The Balaban J connectivity index is 2.23. The van der Waals surface area contributed by atoms with Gasteiger partial charge < -0.3 is 10.1 Å². The highest BCUT2D eigenvalue weighted by Crippen LogP contribution is 2.31. The minimum Gasteiger partial charge on any atom is -0.383 e. The van der Waals surface area contributed by atoms with Crippen LogP contribution in [0.5, 0.6) is 0 Å². The second-order valence-electron chi connectivity index (χ2n) is 5.46. The molecule has 0 spiro atoms. The summed E-state index contributed by atoms with van der Waals surface area (Å²) in [4.78, 5) is 3.78. The molecule has 1 aromatic heterocycles. The van der Waals surface area contributed by atoms with E-state index < -0.39 is 23.6 Å². The molecule has 1 N–H and O–H groups in total. The third kappa shape index (κ3) is 4.75. The summed E-state index contributed by atoms with van der Waals surface area (Å²) in [7, 11) is 1.47. The fourth-order valence-electron chi connectivity index (χ4n) is 2.40. The van der Waals surface area contributed by atoms with Crippen LogP contribution in [0.25, 0.3) is 0 Å². The number of benzene rings is 1. The predicted molar refractivity (Wildman–Crippen MR) is 81.8 cm³/mol. The number of rotatable bonds is 6. The molecule has 0 radical (unpaired) electrons. The summed E-state index contributed by atoms with van der Waals surface area (Å²) >= 11 is 0. The van der Waals surface area contributed by atoms with E-state index in [-0.39, 0.29) is 12.6 Å². The zero-order valence-corrected chi connectivity index (χ0v) is 13.3. The van der Waals surface area contributed by atoms with Crippen LogP contribution in [-0.2, 0) is 10.9 Å². The van der Waals surface area contributed by atoms with Crippen molar-refractivity contribution in [1.29, 1.82) is 0 Å². The Labute approximate surface area is 137 Å². The third-order valence-electron chi connectivity index (χ3n) is 3.63. The van der Waals surface area contributed by atoms with Crippen molar-refractivity contribution in [3.05, 3.63) is 65.2 Å². The number of hydrogen-bond acceptors (Lipinski definition) is 3. The van der Waals surface area contributed by atoms with Gasteiger partial charge in [-0.15, -0.1) is 0 Å². The monoisotopic (exact) mass is 342 g/mol. The zero-order valence-electron chi connectivity index (χ0n) is 13.3. The molecule has 130 valence electrons. The van der Waals surface area contributed by atoms with Gasteiger partial charge in [-0.1, -0.05) is 12.1 Å². The van der Waals surface area contributed by atoms with E-state index in [1.54, 1.807) is 13.0 Å². The first-order chi connectivity index (χ1) is 11.3. The Bertz CT molecular complexity index is 676. The van der Waals surface area contributed by atoms with Crippen molar-refractivity contribution < 1.29 is 22.3 Å². The third-order valence-corrected chi connectivity index (χ3v) is 3.63. The number of nitrogens with one attached hydrogen (secondary N) is 1. The van der Waals surface area contributed by atoms with Crippen LogP contribution in [0.4, 0.5) is 17.6 Å².